The Balaban J connectivity index is 2.39. The summed E-state index contributed by atoms with van der Waals surface area (Å²) in [4.78, 5) is 15.2. The molecule has 0 bridgehead atoms. The van der Waals surface area contributed by atoms with Crippen LogP contribution in [0.5, 0.6) is 5.75 Å². The van der Waals surface area contributed by atoms with Crippen LogP contribution in [0.15, 0.2) is 35.4 Å². The van der Waals surface area contributed by atoms with Gasteiger partial charge in [-0.2, -0.15) is 0 Å². The molecule has 5 nitrogen and oxygen atoms in total. The maximum Gasteiger partial charge on any atom is 0.347 e. The maximum absolute atomic E-state index is 11.6. The lowest BCUT2D eigenvalue weighted by atomic mass is 10.2. The summed E-state index contributed by atoms with van der Waals surface area (Å²) in [6.45, 7) is 0.329. The number of methoxy groups -OCH3 is 1. The minimum atomic E-state index is -0.363. The van der Waals surface area contributed by atoms with E-state index in [-0.39, 0.29) is 5.69 Å². The lowest BCUT2D eigenvalue weighted by molar-refractivity contribution is 0.408. The van der Waals surface area contributed by atoms with Gasteiger partial charge >= 0.3 is 5.69 Å². The molecule has 6 heteroatoms. The molecule has 94 valence electrons. The molecule has 0 saturated carbocycles. The Bertz CT molecular complexity index is 625. The van der Waals surface area contributed by atoms with Crippen molar-refractivity contribution < 1.29 is 4.74 Å². The summed E-state index contributed by atoms with van der Waals surface area (Å²) >= 11 is 5.81. The molecule has 0 aliphatic carbocycles. The van der Waals surface area contributed by atoms with Crippen LogP contribution < -0.4 is 16.2 Å². The molecule has 2 N–H and O–H groups in total. The number of hydrogen-bond donors (Lipinski definition) is 1. The summed E-state index contributed by atoms with van der Waals surface area (Å²) in [6.07, 6.45) is 2.85. The Labute approximate surface area is 109 Å². The van der Waals surface area contributed by atoms with Crippen LogP contribution in [0, 0.1) is 0 Å². The summed E-state index contributed by atoms with van der Waals surface area (Å²) in [7, 11) is 1.55. The van der Waals surface area contributed by atoms with E-state index in [4.69, 9.17) is 22.1 Å². The molecule has 0 radical (unpaired) electrons. The summed E-state index contributed by atoms with van der Waals surface area (Å²) in [6, 6.07) is 5.26. The zero-order valence-corrected chi connectivity index (χ0v) is 10.5. The van der Waals surface area contributed by atoms with Crippen LogP contribution >= 0.6 is 11.6 Å². The number of nitrogens with zero attached hydrogens (tertiary/aromatic N) is 2. The minimum Gasteiger partial charge on any atom is -0.496 e. The highest BCUT2D eigenvalue weighted by molar-refractivity contribution is 6.30. The predicted molar refractivity (Wildman–Crippen MR) is 70.0 cm³/mol. The number of rotatable bonds is 3. The fourth-order valence-electron chi connectivity index (χ4n) is 1.62. The van der Waals surface area contributed by atoms with E-state index in [1.807, 2.05) is 6.07 Å². The highest BCUT2D eigenvalue weighted by Crippen LogP contribution is 2.22. The molecule has 1 aromatic heterocycles. The van der Waals surface area contributed by atoms with Crippen LogP contribution in [0.3, 0.4) is 0 Å². The first-order valence-electron chi connectivity index (χ1n) is 5.24. The predicted octanol–water partition coefficient (Wildman–Crippen LogP) is 1.54. The Morgan fingerprint density at radius 1 is 1.50 bits per heavy atom. The minimum absolute atomic E-state index is 0.329. The topological polar surface area (TPSA) is 70.1 Å². The molecule has 1 aromatic carbocycles. The molecular formula is C12H12ClN3O2. The van der Waals surface area contributed by atoms with E-state index in [0.29, 0.717) is 23.0 Å². The van der Waals surface area contributed by atoms with Gasteiger partial charge in [-0.05, 0) is 6.07 Å². The van der Waals surface area contributed by atoms with Gasteiger partial charge in [0.15, 0.2) is 0 Å². The van der Waals surface area contributed by atoms with Gasteiger partial charge in [0.05, 0.1) is 24.9 Å². The van der Waals surface area contributed by atoms with Crippen molar-refractivity contribution in [3.63, 3.8) is 0 Å². The fourth-order valence-corrected chi connectivity index (χ4v) is 1.78. The number of hydrogen-bond acceptors (Lipinski definition) is 4. The first kappa shape index (κ1) is 12.4. The largest absolute Gasteiger partial charge is 0.496 e. The molecule has 0 amide bonds. The SMILES string of the molecule is COc1cc(N)ccc1Cn1cc(Cl)cnc1=O. The normalized spacial score (nSPS) is 10.3. The van der Waals surface area contributed by atoms with Gasteiger partial charge in [-0.1, -0.05) is 17.7 Å². The Morgan fingerprint density at radius 3 is 3.00 bits per heavy atom. The molecule has 0 atom stereocenters. The molecule has 0 fully saturated rings. The molecule has 2 rings (SSSR count). The molecule has 1 heterocycles. The number of aromatic nitrogens is 2. The van der Waals surface area contributed by atoms with Crippen LogP contribution in [-0.4, -0.2) is 16.7 Å². The van der Waals surface area contributed by atoms with Gasteiger partial charge in [0.1, 0.15) is 5.75 Å². The first-order valence-corrected chi connectivity index (χ1v) is 5.62. The lowest BCUT2D eigenvalue weighted by Gasteiger charge is -2.10. The summed E-state index contributed by atoms with van der Waals surface area (Å²) in [5.41, 5.74) is 6.74. The molecule has 0 saturated heterocycles. The molecule has 0 spiro atoms. The number of anilines is 1. The van der Waals surface area contributed by atoms with Crippen LogP contribution in [-0.2, 0) is 6.54 Å². The highest BCUT2D eigenvalue weighted by atomic mass is 35.5. The van der Waals surface area contributed by atoms with E-state index in [1.165, 1.54) is 17.0 Å². The fraction of sp³-hybridized carbons (Fsp3) is 0.167. The monoisotopic (exact) mass is 265 g/mol. The average molecular weight is 266 g/mol. The van der Waals surface area contributed by atoms with Gasteiger partial charge in [0.25, 0.3) is 0 Å². The molecule has 2 aromatic rings. The quantitative estimate of drug-likeness (QED) is 0.855. The third-order valence-corrected chi connectivity index (χ3v) is 2.67. The van der Waals surface area contributed by atoms with Crippen molar-refractivity contribution in [2.45, 2.75) is 6.54 Å². The van der Waals surface area contributed by atoms with Gasteiger partial charge in [0, 0.05) is 23.5 Å². The van der Waals surface area contributed by atoms with E-state index >= 15 is 0 Å². The van der Waals surface area contributed by atoms with E-state index in [0.717, 1.165) is 5.56 Å². The van der Waals surface area contributed by atoms with Crippen molar-refractivity contribution in [1.82, 2.24) is 9.55 Å². The molecular weight excluding hydrogens is 254 g/mol. The van der Waals surface area contributed by atoms with Crippen LogP contribution in [0.25, 0.3) is 0 Å². The number of halogens is 1. The van der Waals surface area contributed by atoms with Gasteiger partial charge in [-0.15, -0.1) is 0 Å². The molecule has 0 aliphatic heterocycles. The third-order valence-electron chi connectivity index (χ3n) is 2.48. The second-order valence-electron chi connectivity index (χ2n) is 3.75. The van der Waals surface area contributed by atoms with E-state index in [9.17, 15) is 4.79 Å². The van der Waals surface area contributed by atoms with Gasteiger partial charge in [0.2, 0.25) is 0 Å². The summed E-state index contributed by atoms with van der Waals surface area (Å²) in [5, 5.41) is 0.406. The van der Waals surface area contributed by atoms with E-state index in [2.05, 4.69) is 4.98 Å². The Hall–Kier alpha value is -2.01. The van der Waals surface area contributed by atoms with Crippen LogP contribution in [0.4, 0.5) is 5.69 Å². The molecule has 0 unspecified atom stereocenters. The standard InChI is InChI=1S/C12H12ClN3O2/c1-18-11-4-10(14)3-2-8(11)6-16-7-9(13)5-15-12(16)17/h2-5,7H,6,14H2,1H3. The number of nitrogens with two attached hydrogens (primary N) is 1. The van der Waals surface area contributed by atoms with E-state index in [1.54, 1.807) is 19.2 Å². The lowest BCUT2D eigenvalue weighted by Crippen LogP contribution is -2.22. The summed E-state index contributed by atoms with van der Waals surface area (Å²) < 4.78 is 6.63. The first-order chi connectivity index (χ1) is 8.60. The van der Waals surface area contributed by atoms with Crippen LogP contribution in [0.2, 0.25) is 5.02 Å². The maximum atomic E-state index is 11.6. The van der Waals surface area contributed by atoms with Crippen molar-refractivity contribution in [3.05, 3.63) is 51.7 Å². The van der Waals surface area contributed by atoms with Gasteiger partial charge < -0.3 is 10.5 Å². The molecule has 0 aliphatic rings. The second-order valence-corrected chi connectivity index (χ2v) is 4.19. The highest BCUT2D eigenvalue weighted by Gasteiger charge is 2.06. The zero-order chi connectivity index (χ0) is 13.1. The smallest absolute Gasteiger partial charge is 0.347 e. The number of nitrogen functional groups attached to an aromatic ring is 1. The van der Waals surface area contributed by atoms with Crippen molar-refractivity contribution in [2.24, 2.45) is 0 Å². The van der Waals surface area contributed by atoms with Crippen molar-refractivity contribution in [2.75, 3.05) is 12.8 Å². The van der Waals surface area contributed by atoms with Crippen molar-refractivity contribution in [1.29, 1.82) is 0 Å². The third kappa shape index (κ3) is 2.62. The molecule has 18 heavy (non-hydrogen) atoms. The van der Waals surface area contributed by atoms with Crippen molar-refractivity contribution >= 4 is 17.3 Å². The van der Waals surface area contributed by atoms with Crippen molar-refractivity contribution in [3.8, 4) is 5.75 Å². The second kappa shape index (κ2) is 5.10. The Kier molecular flexibility index (Phi) is 3.53. The zero-order valence-electron chi connectivity index (χ0n) is 9.76. The average Bonchev–Trinajstić information content (AvgIpc) is 2.36. The summed E-state index contributed by atoms with van der Waals surface area (Å²) in [5.74, 6) is 0.627. The van der Waals surface area contributed by atoms with Gasteiger partial charge in [-0.3, -0.25) is 4.57 Å². The number of ether oxygens (including phenoxy) is 1. The van der Waals surface area contributed by atoms with E-state index < -0.39 is 0 Å². The van der Waals surface area contributed by atoms with Gasteiger partial charge in [-0.25, -0.2) is 9.78 Å². The van der Waals surface area contributed by atoms with Crippen LogP contribution in [0.1, 0.15) is 5.56 Å². The Morgan fingerprint density at radius 2 is 2.28 bits per heavy atom. The number of benzene rings is 1.